The SMILES string of the molecule is Cl.O=C(O)c1cccc(NC(=O)[C@H](COc2cccnc2)NS(=O)(=O)c2ccc(Cl)cc2)c1. The van der Waals surface area contributed by atoms with Crippen LogP contribution in [0, 0.1) is 0 Å². The number of benzene rings is 2. The number of hydrogen-bond donors (Lipinski definition) is 3. The van der Waals surface area contributed by atoms with Crippen LogP contribution >= 0.6 is 24.0 Å². The molecular formula is C21H19Cl2N3O6S. The number of nitrogens with zero attached hydrogens (tertiary/aromatic N) is 1. The molecule has 0 spiro atoms. The largest absolute Gasteiger partial charge is 0.490 e. The van der Waals surface area contributed by atoms with E-state index in [1.165, 1.54) is 60.9 Å². The van der Waals surface area contributed by atoms with Crippen LogP contribution in [0.1, 0.15) is 10.4 Å². The topological polar surface area (TPSA) is 135 Å². The average molecular weight is 512 g/mol. The fraction of sp³-hybridized carbons (Fsp3) is 0.0952. The van der Waals surface area contributed by atoms with Crippen molar-refractivity contribution in [3.63, 3.8) is 0 Å². The highest BCUT2D eigenvalue weighted by Gasteiger charge is 2.27. The summed E-state index contributed by atoms with van der Waals surface area (Å²) in [6, 6.07) is 12.9. The molecule has 1 amide bonds. The first kappa shape index (κ1) is 26.1. The molecule has 0 aliphatic heterocycles. The number of rotatable bonds is 9. The van der Waals surface area contributed by atoms with Crippen LogP contribution in [-0.4, -0.2) is 43.0 Å². The van der Waals surface area contributed by atoms with E-state index in [-0.39, 0.29) is 35.2 Å². The predicted octanol–water partition coefficient (Wildman–Crippen LogP) is 3.22. The minimum absolute atomic E-state index is 0. The summed E-state index contributed by atoms with van der Waals surface area (Å²) in [6.45, 7) is -0.344. The van der Waals surface area contributed by atoms with Crippen LogP contribution in [0.2, 0.25) is 5.02 Å². The number of halogens is 2. The number of carbonyl (C=O) groups excluding carboxylic acids is 1. The zero-order valence-electron chi connectivity index (χ0n) is 16.8. The van der Waals surface area contributed by atoms with E-state index in [4.69, 9.17) is 21.4 Å². The number of nitrogens with one attached hydrogen (secondary N) is 2. The summed E-state index contributed by atoms with van der Waals surface area (Å²) in [5.74, 6) is -1.57. The van der Waals surface area contributed by atoms with Crippen molar-refractivity contribution in [2.24, 2.45) is 0 Å². The molecule has 0 fully saturated rings. The van der Waals surface area contributed by atoms with Crippen molar-refractivity contribution in [3.8, 4) is 5.75 Å². The number of hydrogen-bond acceptors (Lipinski definition) is 6. The van der Waals surface area contributed by atoms with Gasteiger partial charge in [-0.05, 0) is 54.6 Å². The van der Waals surface area contributed by atoms with Gasteiger partial charge in [0, 0.05) is 16.9 Å². The zero-order chi connectivity index (χ0) is 23.1. The zero-order valence-corrected chi connectivity index (χ0v) is 19.2. The van der Waals surface area contributed by atoms with Gasteiger partial charge >= 0.3 is 5.97 Å². The molecule has 3 aromatic rings. The van der Waals surface area contributed by atoms with Gasteiger partial charge in [-0.25, -0.2) is 13.2 Å². The maximum atomic E-state index is 12.9. The normalized spacial score (nSPS) is 11.7. The minimum atomic E-state index is -4.10. The molecule has 12 heteroatoms. The number of pyridine rings is 1. The van der Waals surface area contributed by atoms with Gasteiger partial charge in [0.25, 0.3) is 0 Å². The Kier molecular flexibility index (Phi) is 9.18. The first-order valence-corrected chi connectivity index (χ1v) is 11.1. The third kappa shape index (κ3) is 7.43. The highest BCUT2D eigenvalue weighted by molar-refractivity contribution is 7.89. The second-order valence-electron chi connectivity index (χ2n) is 6.50. The second-order valence-corrected chi connectivity index (χ2v) is 8.65. The van der Waals surface area contributed by atoms with Gasteiger partial charge in [0.05, 0.1) is 16.7 Å². The molecule has 1 aromatic heterocycles. The molecule has 3 rings (SSSR count). The van der Waals surface area contributed by atoms with E-state index in [1.807, 2.05) is 0 Å². The number of carboxylic acid groups (broad SMARTS) is 1. The molecule has 0 unspecified atom stereocenters. The number of sulfonamides is 1. The van der Waals surface area contributed by atoms with Crippen LogP contribution in [0.25, 0.3) is 0 Å². The maximum Gasteiger partial charge on any atom is 0.335 e. The van der Waals surface area contributed by atoms with Gasteiger partial charge in [0.1, 0.15) is 18.4 Å². The maximum absolute atomic E-state index is 12.9. The highest BCUT2D eigenvalue weighted by atomic mass is 35.5. The molecule has 0 radical (unpaired) electrons. The molecule has 0 aliphatic carbocycles. The molecular weight excluding hydrogens is 493 g/mol. The van der Waals surface area contributed by atoms with Crippen molar-refractivity contribution < 1.29 is 27.9 Å². The van der Waals surface area contributed by atoms with E-state index in [9.17, 15) is 18.0 Å². The first-order chi connectivity index (χ1) is 15.2. The Labute approximate surface area is 201 Å². The monoisotopic (exact) mass is 511 g/mol. The van der Waals surface area contributed by atoms with Crippen LogP contribution in [0.4, 0.5) is 5.69 Å². The molecule has 3 N–H and O–H groups in total. The lowest BCUT2D eigenvalue weighted by molar-refractivity contribution is -0.118. The van der Waals surface area contributed by atoms with E-state index < -0.39 is 27.9 Å². The Morgan fingerprint density at radius 2 is 1.82 bits per heavy atom. The smallest absolute Gasteiger partial charge is 0.335 e. The molecule has 2 aromatic carbocycles. The lowest BCUT2D eigenvalue weighted by Gasteiger charge is -2.19. The molecule has 0 saturated heterocycles. The Morgan fingerprint density at radius 1 is 1.09 bits per heavy atom. The van der Waals surface area contributed by atoms with E-state index >= 15 is 0 Å². The molecule has 9 nitrogen and oxygen atoms in total. The van der Waals surface area contributed by atoms with Gasteiger partial charge in [-0.15, -0.1) is 12.4 Å². The number of aromatic carboxylic acids is 1. The minimum Gasteiger partial charge on any atom is -0.490 e. The van der Waals surface area contributed by atoms with Crippen LogP contribution in [0.15, 0.2) is 78.0 Å². The standard InChI is InChI=1S/C21H18ClN3O6S.ClH/c22-15-6-8-18(9-7-15)32(29,30)25-19(13-31-17-5-2-10-23-12-17)20(26)24-16-4-1-3-14(11-16)21(27)28;/h1-12,19,25H,13H2,(H,24,26)(H,27,28);1H/t19-;/m0./s1. The predicted molar refractivity (Wildman–Crippen MR) is 125 cm³/mol. The first-order valence-electron chi connectivity index (χ1n) is 9.19. The Balaban J connectivity index is 0.00000385. The number of carboxylic acids is 1. The number of ether oxygens (including phenoxy) is 1. The summed E-state index contributed by atoms with van der Waals surface area (Å²) in [5, 5.41) is 12.0. The van der Waals surface area contributed by atoms with Gasteiger partial charge in [-0.3, -0.25) is 9.78 Å². The number of amides is 1. The molecule has 1 heterocycles. The third-order valence-corrected chi connectivity index (χ3v) is 5.91. The van der Waals surface area contributed by atoms with Crippen molar-refractivity contribution in [1.29, 1.82) is 0 Å². The highest BCUT2D eigenvalue weighted by Crippen LogP contribution is 2.16. The Morgan fingerprint density at radius 3 is 2.45 bits per heavy atom. The van der Waals surface area contributed by atoms with Crippen LogP contribution in [0.5, 0.6) is 5.75 Å². The molecule has 33 heavy (non-hydrogen) atoms. The van der Waals surface area contributed by atoms with E-state index in [1.54, 1.807) is 12.1 Å². The summed E-state index contributed by atoms with van der Waals surface area (Å²) in [7, 11) is -4.10. The Hall–Kier alpha value is -3.18. The van der Waals surface area contributed by atoms with Gasteiger partial charge in [-0.2, -0.15) is 4.72 Å². The van der Waals surface area contributed by atoms with Gasteiger partial charge < -0.3 is 15.2 Å². The lowest BCUT2D eigenvalue weighted by atomic mass is 10.2. The fourth-order valence-electron chi connectivity index (χ4n) is 2.60. The third-order valence-electron chi connectivity index (χ3n) is 4.17. The quantitative estimate of drug-likeness (QED) is 0.401. The second kappa shape index (κ2) is 11.6. The average Bonchev–Trinajstić information content (AvgIpc) is 2.77. The molecule has 0 aliphatic rings. The van der Waals surface area contributed by atoms with Crippen LogP contribution in [-0.2, 0) is 14.8 Å². The van der Waals surface area contributed by atoms with Crippen molar-refractivity contribution >= 4 is 51.6 Å². The summed E-state index contributed by atoms with van der Waals surface area (Å²) in [5.41, 5.74) is 0.152. The summed E-state index contributed by atoms with van der Waals surface area (Å²) >= 11 is 5.81. The lowest BCUT2D eigenvalue weighted by Crippen LogP contribution is -2.47. The molecule has 0 bridgehead atoms. The molecule has 0 saturated carbocycles. The Bertz CT molecular complexity index is 1210. The number of carbonyl (C=O) groups is 2. The van der Waals surface area contributed by atoms with Crippen molar-refractivity contribution in [1.82, 2.24) is 9.71 Å². The van der Waals surface area contributed by atoms with Gasteiger partial charge in [0.2, 0.25) is 15.9 Å². The molecule has 174 valence electrons. The molecule has 1 atom stereocenters. The van der Waals surface area contributed by atoms with Crippen molar-refractivity contribution in [3.05, 3.63) is 83.6 Å². The van der Waals surface area contributed by atoms with Gasteiger partial charge in [-0.1, -0.05) is 17.7 Å². The van der Waals surface area contributed by atoms with E-state index in [0.717, 1.165) is 0 Å². The van der Waals surface area contributed by atoms with Gasteiger partial charge in [0.15, 0.2) is 0 Å². The summed E-state index contributed by atoms with van der Waals surface area (Å²) in [6.07, 6.45) is 2.95. The van der Waals surface area contributed by atoms with Crippen LogP contribution in [0.3, 0.4) is 0 Å². The number of aromatic nitrogens is 1. The fourth-order valence-corrected chi connectivity index (χ4v) is 3.91. The van der Waals surface area contributed by atoms with E-state index in [0.29, 0.717) is 10.8 Å². The summed E-state index contributed by atoms with van der Waals surface area (Å²) < 4.78 is 33.4. The summed E-state index contributed by atoms with van der Waals surface area (Å²) in [4.78, 5) is 27.8. The van der Waals surface area contributed by atoms with E-state index in [2.05, 4.69) is 15.0 Å². The number of anilines is 1. The van der Waals surface area contributed by atoms with Crippen molar-refractivity contribution in [2.45, 2.75) is 10.9 Å². The van der Waals surface area contributed by atoms with Crippen LogP contribution < -0.4 is 14.8 Å². The van der Waals surface area contributed by atoms with Crippen molar-refractivity contribution in [2.75, 3.05) is 11.9 Å².